The van der Waals surface area contributed by atoms with Gasteiger partial charge in [-0.15, -0.1) is 0 Å². The number of benzene rings is 1. The van der Waals surface area contributed by atoms with Gasteiger partial charge in [0.1, 0.15) is 0 Å². The molecule has 2 aliphatic rings. The van der Waals surface area contributed by atoms with Crippen LogP contribution in [0.2, 0.25) is 0 Å². The molecule has 1 N–H and O–H groups in total. The van der Waals surface area contributed by atoms with E-state index < -0.39 is 0 Å². The number of carbonyl (C=O) groups excluding carboxylic acids is 2. The summed E-state index contributed by atoms with van der Waals surface area (Å²) in [6, 6.07) is 10.8. The van der Waals surface area contributed by atoms with Gasteiger partial charge in [-0.25, -0.2) is 0 Å². The fourth-order valence-electron chi connectivity index (χ4n) is 3.75. The Morgan fingerprint density at radius 2 is 1.84 bits per heavy atom. The first-order valence-corrected chi connectivity index (χ1v) is 9.71. The van der Waals surface area contributed by atoms with Crippen molar-refractivity contribution in [2.24, 2.45) is 17.8 Å². The number of hydrogen-bond donors (Lipinski definition) is 1. The van der Waals surface area contributed by atoms with Crippen LogP contribution < -0.4 is 5.32 Å². The summed E-state index contributed by atoms with van der Waals surface area (Å²) in [5.41, 5.74) is 1.39. The summed E-state index contributed by atoms with van der Waals surface area (Å²) < 4.78 is 0. The van der Waals surface area contributed by atoms with Gasteiger partial charge in [0.25, 0.3) is 0 Å². The molecule has 1 aliphatic heterocycles. The smallest absolute Gasteiger partial charge is 0.226 e. The van der Waals surface area contributed by atoms with Gasteiger partial charge in [-0.05, 0) is 50.5 Å². The normalized spacial score (nSPS) is 24.6. The van der Waals surface area contributed by atoms with Gasteiger partial charge in [0.15, 0.2) is 0 Å². The standard InChI is InChI=1S/C21H30N2O2/c1-3-15(2)22-20(24)18-14-19(18)21(25)23-11-9-17(10-12-23)13-16-7-5-4-6-8-16/h4-8,15,17-19H,3,9-14H2,1-2H3,(H,22,24). The number of nitrogens with one attached hydrogen (secondary N) is 1. The zero-order valence-electron chi connectivity index (χ0n) is 15.4. The first-order valence-electron chi connectivity index (χ1n) is 9.71. The van der Waals surface area contributed by atoms with Crippen molar-refractivity contribution in [3.8, 4) is 0 Å². The molecule has 0 spiro atoms. The second-order valence-corrected chi connectivity index (χ2v) is 7.72. The maximum Gasteiger partial charge on any atom is 0.226 e. The van der Waals surface area contributed by atoms with Crippen LogP contribution in [-0.2, 0) is 16.0 Å². The van der Waals surface area contributed by atoms with E-state index in [9.17, 15) is 9.59 Å². The van der Waals surface area contributed by atoms with Gasteiger partial charge in [0.05, 0.1) is 11.8 Å². The van der Waals surface area contributed by atoms with E-state index in [0.29, 0.717) is 5.92 Å². The molecular weight excluding hydrogens is 312 g/mol. The predicted molar refractivity (Wildman–Crippen MR) is 98.9 cm³/mol. The highest BCUT2D eigenvalue weighted by molar-refractivity contribution is 5.92. The Bertz CT molecular complexity index is 593. The molecule has 1 aromatic rings. The summed E-state index contributed by atoms with van der Waals surface area (Å²) in [7, 11) is 0. The van der Waals surface area contributed by atoms with Gasteiger partial charge in [0.2, 0.25) is 11.8 Å². The third-order valence-corrected chi connectivity index (χ3v) is 5.74. The molecule has 0 aromatic heterocycles. The number of carbonyl (C=O) groups is 2. The van der Waals surface area contributed by atoms with Gasteiger partial charge in [0, 0.05) is 19.1 Å². The van der Waals surface area contributed by atoms with Crippen LogP contribution in [0.15, 0.2) is 30.3 Å². The summed E-state index contributed by atoms with van der Waals surface area (Å²) in [4.78, 5) is 26.8. The number of rotatable bonds is 6. The molecular formula is C21H30N2O2. The minimum absolute atomic E-state index is 0.0617. The summed E-state index contributed by atoms with van der Waals surface area (Å²) in [5.74, 6) is 0.752. The van der Waals surface area contributed by atoms with Crippen molar-refractivity contribution < 1.29 is 9.59 Å². The Balaban J connectivity index is 1.43. The number of nitrogens with zero attached hydrogens (tertiary/aromatic N) is 1. The summed E-state index contributed by atoms with van der Waals surface area (Å²) >= 11 is 0. The van der Waals surface area contributed by atoms with Crippen LogP contribution in [0, 0.1) is 17.8 Å². The minimum Gasteiger partial charge on any atom is -0.353 e. The van der Waals surface area contributed by atoms with Gasteiger partial charge in [-0.3, -0.25) is 9.59 Å². The average molecular weight is 342 g/mol. The molecule has 3 rings (SSSR count). The lowest BCUT2D eigenvalue weighted by Gasteiger charge is -2.32. The van der Waals surface area contributed by atoms with Crippen molar-refractivity contribution in [2.45, 2.75) is 52.0 Å². The molecule has 25 heavy (non-hydrogen) atoms. The zero-order chi connectivity index (χ0) is 17.8. The third kappa shape index (κ3) is 4.62. The Labute approximate surface area is 151 Å². The molecule has 3 atom stereocenters. The number of amides is 2. The molecule has 0 radical (unpaired) electrons. The highest BCUT2D eigenvalue weighted by Gasteiger charge is 2.49. The van der Waals surface area contributed by atoms with Crippen molar-refractivity contribution in [2.75, 3.05) is 13.1 Å². The molecule has 1 saturated heterocycles. The SMILES string of the molecule is CCC(C)NC(=O)C1CC1C(=O)N1CCC(Cc2ccccc2)CC1. The first kappa shape index (κ1) is 18.0. The largest absolute Gasteiger partial charge is 0.353 e. The molecule has 1 aliphatic carbocycles. The Morgan fingerprint density at radius 3 is 2.48 bits per heavy atom. The van der Waals surface area contributed by atoms with Gasteiger partial charge >= 0.3 is 0 Å². The Hall–Kier alpha value is -1.84. The fourth-order valence-corrected chi connectivity index (χ4v) is 3.75. The average Bonchev–Trinajstić information content (AvgIpc) is 3.43. The lowest BCUT2D eigenvalue weighted by Crippen LogP contribution is -2.41. The van der Waals surface area contributed by atoms with Crippen molar-refractivity contribution >= 4 is 11.8 Å². The minimum atomic E-state index is -0.0939. The van der Waals surface area contributed by atoms with Crippen LogP contribution in [0.5, 0.6) is 0 Å². The fraction of sp³-hybridized carbons (Fsp3) is 0.619. The number of likely N-dealkylation sites (tertiary alicyclic amines) is 1. The second-order valence-electron chi connectivity index (χ2n) is 7.72. The first-order chi connectivity index (χ1) is 12.1. The lowest BCUT2D eigenvalue weighted by molar-refractivity contribution is -0.136. The van der Waals surface area contributed by atoms with Crippen LogP contribution in [0.1, 0.15) is 45.1 Å². The summed E-state index contributed by atoms with van der Waals surface area (Å²) in [5, 5.41) is 3.00. The molecule has 4 heteroatoms. The maximum absolute atomic E-state index is 12.6. The molecule has 2 amide bonds. The topological polar surface area (TPSA) is 49.4 Å². The van der Waals surface area contributed by atoms with E-state index in [4.69, 9.17) is 0 Å². The number of piperidine rings is 1. The van der Waals surface area contributed by atoms with E-state index in [1.165, 1.54) is 5.56 Å². The number of hydrogen-bond acceptors (Lipinski definition) is 2. The van der Waals surface area contributed by atoms with Crippen LogP contribution in [0.4, 0.5) is 0 Å². The molecule has 3 unspecified atom stereocenters. The van der Waals surface area contributed by atoms with Crippen molar-refractivity contribution in [1.29, 1.82) is 0 Å². The molecule has 0 bridgehead atoms. The maximum atomic E-state index is 12.6. The molecule has 2 fully saturated rings. The van der Waals surface area contributed by atoms with E-state index >= 15 is 0 Å². The van der Waals surface area contributed by atoms with Crippen LogP contribution in [0.3, 0.4) is 0 Å². The highest BCUT2D eigenvalue weighted by atomic mass is 16.2. The van der Waals surface area contributed by atoms with Gasteiger partial charge in [-0.1, -0.05) is 37.3 Å². The van der Waals surface area contributed by atoms with E-state index in [-0.39, 0.29) is 29.7 Å². The molecule has 1 saturated carbocycles. The van der Waals surface area contributed by atoms with Crippen LogP contribution in [0.25, 0.3) is 0 Å². The lowest BCUT2D eigenvalue weighted by atomic mass is 9.90. The Morgan fingerprint density at radius 1 is 1.16 bits per heavy atom. The monoisotopic (exact) mass is 342 g/mol. The van der Waals surface area contributed by atoms with Gasteiger partial charge < -0.3 is 10.2 Å². The van der Waals surface area contributed by atoms with Crippen LogP contribution >= 0.6 is 0 Å². The Kier molecular flexibility index (Phi) is 5.77. The highest BCUT2D eigenvalue weighted by Crippen LogP contribution is 2.41. The quantitative estimate of drug-likeness (QED) is 0.864. The molecule has 1 heterocycles. The van der Waals surface area contributed by atoms with E-state index in [0.717, 1.165) is 45.2 Å². The predicted octanol–water partition coefficient (Wildman–Crippen LogP) is 3.02. The molecule has 1 aromatic carbocycles. The second kappa shape index (κ2) is 8.03. The summed E-state index contributed by atoms with van der Waals surface area (Å²) in [6.45, 7) is 5.74. The zero-order valence-corrected chi connectivity index (χ0v) is 15.4. The van der Waals surface area contributed by atoms with Crippen LogP contribution in [-0.4, -0.2) is 35.8 Å². The van der Waals surface area contributed by atoms with E-state index in [1.54, 1.807) is 0 Å². The molecule has 4 nitrogen and oxygen atoms in total. The molecule has 136 valence electrons. The van der Waals surface area contributed by atoms with Crippen molar-refractivity contribution in [3.63, 3.8) is 0 Å². The van der Waals surface area contributed by atoms with Gasteiger partial charge in [-0.2, -0.15) is 0 Å². The van der Waals surface area contributed by atoms with E-state index in [1.807, 2.05) is 17.9 Å². The van der Waals surface area contributed by atoms with Crippen molar-refractivity contribution in [1.82, 2.24) is 10.2 Å². The summed E-state index contributed by atoms with van der Waals surface area (Å²) in [6.07, 6.45) is 4.89. The van der Waals surface area contributed by atoms with E-state index in [2.05, 4.69) is 36.5 Å². The van der Waals surface area contributed by atoms with Crippen molar-refractivity contribution in [3.05, 3.63) is 35.9 Å². The third-order valence-electron chi connectivity index (χ3n) is 5.74.